The third kappa shape index (κ3) is 3.42. The Morgan fingerprint density at radius 2 is 2.15 bits per heavy atom. The van der Waals surface area contributed by atoms with E-state index in [0.29, 0.717) is 6.54 Å². The molecule has 0 saturated heterocycles. The van der Waals surface area contributed by atoms with Crippen LogP contribution >= 0.6 is 23.6 Å². The topological polar surface area (TPSA) is 63.8 Å². The number of thiocarbonyl (C=S) groups is 1. The van der Waals surface area contributed by atoms with E-state index < -0.39 is 11.9 Å². The molecule has 0 amide bonds. The van der Waals surface area contributed by atoms with Gasteiger partial charge in [-0.3, -0.25) is 4.98 Å². The molecule has 0 spiro atoms. The van der Waals surface area contributed by atoms with Crippen molar-refractivity contribution in [3.63, 3.8) is 0 Å². The molecule has 0 fully saturated rings. The quantitative estimate of drug-likeness (QED) is 0.849. The number of aromatic nitrogens is 2. The minimum atomic E-state index is -4.52. The number of halogens is 3. The van der Waals surface area contributed by atoms with Gasteiger partial charge in [-0.25, -0.2) is 4.98 Å². The average Bonchev–Trinajstić information content (AvgIpc) is 2.87. The monoisotopic (exact) mass is 318 g/mol. The summed E-state index contributed by atoms with van der Waals surface area (Å²) in [6, 6.07) is 2.07. The smallest absolute Gasteiger partial charge is 0.389 e. The van der Waals surface area contributed by atoms with Crippen LogP contribution in [0.5, 0.6) is 0 Å². The normalized spacial score (nSPS) is 11.3. The molecule has 106 valence electrons. The van der Waals surface area contributed by atoms with Crippen molar-refractivity contribution in [2.45, 2.75) is 12.7 Å². The van der Waals surface area contributed by atoms with Crippen molar-refractivity contribution in [3.05, 3.63) is 40.0 Å². The summed E-state index contributed by atoms with van der Waals surface area (Å²) in [6.45, 7) is 0.300. The number of thiazole rings is 1. The minimum absolute atomic E-state index is 0.0146. The van der Waals surface area contributed by atoms with Crippen molar-refractivity contribution in [3.8, 4) is 0 Å². The van der Waals surface area contributed by atoms with Gasteiger partial charge < -0.3 is 11.1 Å². The standard InChI is InChI=1S/C11H9F3N4S2/c12-11(13,14)8-2-1-7(9(15)19)10(18-8)17-4-6-3-16-5-20-6/h1-3,5H,4H2,(H2,15,19)(H,17,18). The van der Waals surface area contributed by atoms with Gasteiger partial charge in [-0.15, -0.1) is 11.3 Å². The third-order valence-corrected chi connectivity index (χ3v) is 3.36. The summed E-state index contributed by atoms with van der Waals surface area (Å²) in [6.07, 6.45) is -2.90. The van der Waals surface area contributed by atoms with Gasteiger partial charge in [0.05, 0.1) is 17.6 Å². The number of pyridine rings is 1. The molecule has 0 unspecified atom stereocenters. The molecule has 9 heteroatoms. The molecule has 2 rings (SSSR count). The van der Waals surface area contributed by atoms with E-state index in [2.05, 4.69) is 15.3 Å². The van der Waals surface area contributed by atoms with Gasteiger partial charge in [0.2, 0.25) is 0 Å². The van der Waals surface area contributed by atoms with Crippen molar-refractivity contribution >= 4 is 34.4 Å². The summed E-state index contributed by atoms with van der Waals surface area (Å²) in [5.74, 6) is 0.0146. The third-order valence-electron chi connectivity index (χ3n) is 2.36. The fourth-order valence-electron chi connectivity index (χ4n) is 1.45. The zero-order valence-corrected chi connectivity index (χ0v) is 11.6. The van der Waals surface area contributed by atoms with Crippen molar-refractivity contribution in [1.29, 1.82) is 0 Å². The lowest BCUT2D eigenvalue weighted by Crippen LogP contribution is -2.17. The van der Waals surface area contributed by atoms with Gasteiger partial charge in [0.1, 0.15) is 16.5 Å². The first-order chi connectivity index (χ1) is 9.38. The summed E-state index contributed by atoms with van der Waals surface area (Å²) in [4.78, 5) is 8.27. The van der Waals surface area contributed by atoms with Crippen LogP contribution in [0.1, 0.15) is 16.1 Å². The zero-order chi connectivity index (χ0) is 14.8. The Balaban J connectivity index is 2.29. The highest BCUT2D eigenvalue weighted by Crippen LogP contribution is 2.29. The maximum absolute atomic E-state index is 12.7. The van der Waals surface area contributed by atoms with Crippen molar-refractivity contribution < 1.29 is 13.2 Å². The molecule has 0 aliphatic heterocycles. The molecule has 3 N–H and O–H groups in total. The molecule has 4 nitrogen and oxygen atoms in total. The highest BCUT2D eigenvalue weighted by Gasteiger charge is 2.33. The zero-order valence-electron chi connectivity index (χ0n) is 9.94. The van der Waals surface area contributed by atoms with Crippen LogP contribution in [0.15, 0.2) is 23.8 Å². The minimum Gasteiger partial charge on any atom is -0.389 e. The van der Waals surface area contributed by atoms with Crippen LogP contribution in [0.4, 0.5) is 19.0 Å². The second kappa shape index (κ2) is 5.71. The molecule has 0 aromatic carbocycles. The molecule has 0 bridgehead atoms. The molecule has 0 radical (unpaired) electrons. The van der Waals surface area contributed by atoms with Gasteiger partial charge in [0.25, 0.3) is 0 Å². The van der Waals surface area contributed by atoms with Crippen molar-refractivity contribution in [2.75, 3.05) is 5.32 Å². The maximum Gasteiger partial charge on any atom is 0.433 e. The van der Waals surface area contributed by atoms with Crippen molar-refractivity contribution in [1.82, 2.24) is 9.97 Å². The number of hydrogen-bond donors (Lipinski definition) is 2. The predicted octanol–water partition coefficient (Wildman–Crippen LogP) is 2.80. The van der Waals surface area contributed by atoms with Gasteiger partial charge >= 0.3 is 6.18 Å². The van der Waals surface area contributed by atoms with Crippen LogP contribution in [-0.4, -0.2) is 15.0 Å². The number of nitrogens with one attached hydrogen (secondary N) is 1. The van der Waals surface area contributed by atoms with E-state index in [0.717, 1.165) is 10.9 Å². The second-order valence-electron chi connectivity index (χ2n) is 3.78. The van der Waals surface area contributed by atoms with E-state index >= 15 is 0 Å². The van der Waals surface area contributed by atoms with Gasteiger partial charge in [0, 0.05) is 11.1 Å². The lowest BCUT2D eigenvalue weighted by atomic mass is 10.2. The molecule has 0 aliphatic carbocycles. The number of rotatable bonds is 4. The molecule has 0 atom stereocenters. The molecule has 2 aromatic rings. The maximum atomic E-state index is 12.7. The first-order valence-electron chi connectivity index (χ1n) is 5.37. The van der Waals surface area contributed by atoms with Crippen LogP contribution in [0.3, 0.4) is 0 Å². The molecule has 0 saturated carbocycles. The van der Waals surface area contributed by atoms with E-state index in [9.17, 15) is 13.2 Å². The van der Waals surface area contributed by atoms with Crippen LogP contribution < -0.4 is 11.1 Å². The lowest BCUT2D eigenvalue weighted by molar-refractivity contribution is -0.141. The first-order valence-corrected chi connectivity index (χ1v) is 6.66. The summed E-state index contributed by atoms with van der Waals surface area (Å²) in [7, 11) is 0. The molecule has 20 heavy (non-hydrogen) atoms. The van der Waals surface area contributed by atoms with Gasteiger partial charge in [-0.1, -0.05) is 12.2 Å². The van der Waals surface area contributed by atoms with Crippen LogP contribution in [0.25, 0.3) is 0 Å². The van der Waals surface area contributed by atoms with Gasteiger partial charge in [-0.2, -0.15) is 13.2 Å². The molecule has 2 aromatic heterocycles. The number of alkyl halides is 3. The van der Waals surface area contributed by atoms with Crippen LogP contribution in [0, 0.1) is 0 Å². The second-order valence-corrected chi connectivity index (χ2v) is 5.19. The fourth-order valence-corrected chi connectivity index (χ4v) is 2.15. The Morgan fingerprint density at radius 1 is 1.40 bits per heavy atom. The van der Waals surface area contributed by atoms with E-state index in [1.54, 1.807) is 11.7 Å². The summed E-state index contributed by atoms with van der Waals surface area (Å²) in [5.41, 5.74) is 6.39. The van der Waals surface area contributed by atoms with E-state index in [-0.39, 0.29) is 16.4 Å². The number of anilines is 1. The summed E-state index contributed by atoms with van der Waals surface area (Å²) in [5, 5.41) is 2.80. The Kier molecular flexibility index (Phi) is 4.19. The highest BCUT2D eigenvalue weighted by atomic mass is 32.1. The Bertz CT molecular complexity index is 611. The lowest BCUT2D eigenvalue weighted by Gasteiger charge is -2.12. The molecule has 2 heterocycles. The number of nitrogens with zero attached hydrogens (tertiary/aromatic N) is 2. The van der Waals surface area contributed by atoms with Gasteiger partial charge in [-0.05, 0) is 12.1 Å². The predicted molar refractivity (Wildman–Crippen MR) is 74.6 cm³/mol. The largest absolute Gasteiger partial charge is 0.433 e. The number of nitrogens with two attached hydrogens (primary N) is 1. The first kappa shape index (κ1) is 14.7. The van der Waals surface area contributed by atoms with E-state index in [1.165, 1.54) is 17.4 Å². The molecular weight excluding hydrogens is 309 g/mol. The average molecular weight is 318 g/mol. The fraction of sp³-hybridized carbons (Fsp3) is 0.182. The highest BCUT2D eigenvalue weighted by molar-refractivity contribution is 7.80. The van der Waals surface area contributed by atoms with Gasteiger partial charge in [0.15, 0.2) is 0 Å². The van der Waals surface area contributed by atoms with E-state index in [4.69, 9.17) is 18.0 Å². The van der Waals surface area contributed by atoms with Crippen LogP contribution in [0.2, 0.25) is 0 Å². The molecule has 0 aliphatic rings. The SMILES string of the molecule is NC(=S)c1ccc(C(F)(F)F)nc1NCc1cncs1. The van der Waals surface area contributed by atoms with Crippen LogP contribution in [-0.2, 0) is 12.7 Å². The Hall–Kier alpha value is -1.74. The summed E-state index contributed by atoms with van der Waals surface area (Å²) < 4.78 is 38.0. The Labute approximate surface area is 121 Å². The number of hydrogen-bond acceptors (Lipinski definition) is 5. The van der Waals surface area contributed by atoms with E-state index in [1.807, 2.05) is 0 Å². The Morgan fingerprint density at radius 3 is 2.70 bits per heavy atom. The van der Waals surface area contributed by atoms with Crippen molar-refractivity contribution in [2.24, 2.45) is 5.73 Å². The summed E-state index contributed by atoms with van der Waals surface area (Å²) >= 11 is 6.19. The molecular formula is C11H9F3N4S2.